The second kappa shape index (κ2) is 6.23. The molecule has 6 heteroatoms. The van der Waals surface area contributed by atoms with E-state index in [1.165, 1.54) is 0 Å². The number of aromatic nitrogens is 3. The number of halogens is 1. The van der Waals surface area contributed by atoms with Crippen LogP contribution < -0.4 is 0 Å². The Balaban J connectivity index is 2.65. The molecule has 0 saturated heterocycles. The van der Waals surface area contributed by atoms with E-state index in [1.54, 1.807) is 0 Å². The van der Waals surface area contributed by atoms with Crippen LogP contribution in [0.25, 0.3) is 0 Å². The summed E-state index contributed by atoms with van der Waals surface area (Å²) in [7, 11) is -0.767. The van der Waals surface area contributed by atoms with Crippen LogP contribution in [0.3, 0.4) is 0 Å². The molecule has 0 amide bonds. The Kier molecular flexibility index (Phi) is 5.25. The van der Waals surface area contributed by atoms with E-state index < -0.39 is 10.8 Å². The zero-order valence-corrected chi connectivity index (χ0v) is 10.6. The lowest BCUT2D eigenvalue weighted by atomic mass is 10.3. The van der Waals surface area contributed by atoms with Gasteiger partial charge in [-0.05, 0) is 18.0 Å². The number of nitrogens with zero attached hydrogens (tertiary/aromatic N) is 3. The predicted molar refractivity (Wildman–Crippen MR) is 62.6 cm³/mol. The van der Waals surface area contributed by atoms with E-state index in [0.717, 1.165) is 18.7 Å². The summed E-state index contributed by atoms with van der Waals surface area (Å²) >= 11 is 5.90. The fourth-order valence-electron chi connectivity index (χ4n) is 1.28. The molecule has 1 heterocycles. The van der Waals surface area contributed by atoms with Crippen molar-refractivity contribution in [2.45, 2.75) is 33.2 Å². The average Bonchev–Trinajstić information content (AvgIpc) is 2.57. The number of rotatable bonds is 6. The summed E-state index contributed by atoms with van der Waals surface area (Å²) < 4.78 is 13.1. The van der Waals surface area contributed by atoms with Crippen molar-refractivity contribution >= 4 is 22.4 Å². The van der Waals surface area contributed by atoms with Crippen molar-refractivity contribution < 1.29 is 4.21 Å². The quantitative estimate of drug-likeness (QED) is 0.770. The van der Waals surface area contributed by atoms with Crippen LogP contribution in [-0.4, -0.2) is 30.5 Å². The van der Waals surface area contributed by atoms with Crippen molar-refractivity contribution in [2.24, 2.45) is 0 Å². The molecule has 15 heavy (non-hydrogen) atoms. The van der Waals surface area contributed by atoms with E-state index in [0.29, 0.717) is 23.3 Å². The maximum absolute atomic E-state index is 11.3. The van der Waals surface area contributed by atoms with Gasteiger partial charge in [-0.2, -0.15) is 0 Å². The lowest BCUT2D eigenvalue weighted by Gasteiger charge is -2.05. The number of hydrogen-bond acceptors (Lipinski definition) is 3. The van der Waals surface area contributed by atoms with Crippen molar-refractivity contribution in [1.82, 2.24) is 14.8 Å². The highest BCUT2D eigenvalue weighted by Gasteiger charge is 2.09. The first kappa shape index (κ1) is 12.6. The lowest BCUT2D eigenvalue weighted by Crippen LogP contribution is -2.11. The Hall–Kier alpha value is -0.420. The monoisotopic (exact) mass is 249 g/mol. The normalized spacial score (nSPS) is 13.0. The highest BCUT2D eigenvalue weighted by molar-refractivity contribution is 7.84. The third-order valence-electron chi connectivity index (χ3n) is 2.12. The number of hydrogen-bond donors (Lipinski definition) is 0. The Morgan fingerprint density at radius 3 is 2.73 bits per heavy atom. The van der Waals surface area contributed by atoms with Crippen LogP contribution in [0.2, 0.25) is 5.28 Å². The Labute approximate surface area is 97.5 Å². The third kappa shape index (κ3) is 3.57. The molecule has 86 valence electrons. The summed E-state index contributed by atoms with van der Waals surface area (Å²) in [6, 6.07) is 0. The fourth-order valence-corrected chi connectivity index (χ4v) is 2.18. The van der Waals surface area contributed by atoms with Crippen LogP contribution in [0, 0.1) is 0 Å². The molecular formula is C9H16ClN3OS. The van der Waals surface area contributed by atoms with E-state index in [2.05, 4.69) is 17.1 Å². The molecule has 0 saturated carbocycles. The van der Waals surface area contributed by atoms with Gasteiger partial charge in [0.05, 0.1) is 0 Å². The molecule has 0 aromatic carbocycles. The fraction of sp³-hybridized carbons (Fsp3) is 0.778. The van der Waals surface area contributed by atoms with E-state index in [9.17, 15) is 4.21 Å². The molecule has 1 unspecified atom stereocenters. The Morgan fingerprint density at radius 2 is 2.13 bits per heavy atom. The molecule has 4 nitrogen and oxygen atoms in total. The van der Waals surface area contributed by atoms with E-state index in [4.69, 9.17) is 11.6 Å². The first-order valence-electron chi connectivity index (χ1n) is 5.11. The van der Waals surface area contributed by atoms with Crippen molar-refractivity contribution in [1.29, 1.82) is 0 Å². The second-order valence-electron chi connectivity index (χ2n) is 3.22. The van der Waals surface area contributed by atoms with Crippen molar-refractivity contribution in [3.63, 3.8) is 0 Å². The van der Waals surface area contributed by atoms with Gasteiger partial charge < -0.3 is 4.57 Å². The minimum atomic E-state index is -0.767. The van der Waals surface area contributed by atoms with Crippen LogP contribution >= 0.6 is 11.6 Å². The van der Waals surface area contributed by atoms with Gasteiger partial charge >= 0.3 is 0 Å². The van der Waals surface area contributed by atoms with Gasteiger partial charge in [0, 0.05) is 35.3 Å². The molecule has 1 aromatic rings. The molecule has 1 aromatic heterocycles. The standard InChI is InChI=1S/C9H16ClN3OS/c1-3-5-8-11-12-9(10)13(8)6-7-15(14)4-2/h3-7H2,1-2H3. The van der Waals surface area contributed by atoms with E-state index in [1.807, 2.05) is 11.5 Å². The minimum Gasteiger partial charge on any atom is -0.301 e. The molecule has 0 spiro atoms. The molecule has 0 aliphatic carbocycles. The topological polar surface area (TPSA) is 47.8 Å². The van der Waals surface area contributed by atoms with E-state index >= 15 is 0 Å². The molecule has 1 rings (SSSR count). The largest absolute Gasteiger partial charge is 0.301 e. The van der Waals surface area contributed by atoms with Crippen LogP contribution in [0.1, 0.15) is 26.1 Å². The van der Waals surface area contributed by atoms with Crippen molar-refractivity contribution in [3.05, 3.63) is 11.1 Å². The Bertz CT molecular complexity index is 340. The van der Waals surface area contributed by atoms with Gasteiger partial charge in [-0.25, -0.2) is 0 Å². The third-order valence-corrected chi connectivity index (χ3v) is 3.68. The van der Waals surface area contributed by atoms with Crippen molar-refractivity contribution in [2.75, 3.05) is 11.5 Å². The molecule has 0 fully saturated rings. The molecule has 0 aliphatic heterocycles. The number of aryl methyl sites for hydroxylation is 1. The second-order valence-corrected chi connectivity index (χ2v) is 5.42. The van der Waals surface area contributed by atoms with Gasteiger partial charge in [-0.15, -0.1) is 10.2 Å². The smallest absolute Gasteiger partial charge is 0.225 e. The summed E-state index contributed by atoms with van der Waals surface area (Å²) in [5.41, 5.74) is 0. The van der Waals surface area contributed by atoms with Crippen molar-refractivity contribution in [3.8, 4) is 0 Å². The minimum absolute atomic E-state index is 0.395. The van der Waals surface area contributed by atoms with Gasteiger partial charge in [0.15, 0.2) is 0 Å². The van der Waals surface area contributed by atoms with Crippen LogP contribution in [0.5, 0.6) is 0 Å². The average molecular weight is 250 g/mol. The SMILES string of the molecule is CCCc1nnc(Cl)n1CCS(=O)CC. The summed E-state index contributed by atoms with van der Waals surface area (Å²) in [4.78, 5) is 0. The Morgan fingerprint density at radius 1 is 1.40 bits per heavy atom. The molecule has 0 bridgehead atoms. The molecular weight excluding hydrogens is 234 g/mol. The highest BCUT2D eigenvalue weighted by Crippen LogP contribution is 2.09. The first-order valence-corrected chi connectivity index (χ1v) is 6.98. The van der Waals surface area contributed by atoms with Gasteiger partial charge in [0.2, 0.25) is 5.28 Å². The van der Waals surface area contributed by atoms with Gasteiger partial charge in [0.25, 0.3) is 0 Å². The first-order chi connectivity index (χ1) is 7.19. The van der Waals surface area contributed by atoms with Gasteiger partial charge in [-0.3, -0.25) is 4.21 Å². The van der Waals surface area contributed by atoms with E-state index in [-0.39, 0.29) is 0 Å². The zero-order valence-electron chi connectivity index (χ0n) is 9.07. The summed E-state index contributed by atoms with van der Waals surface area (Å²) in [5.74, 6) is 2.18. The molecule has 0 N–H and O–H groups in total. The maximum atomic E-state index is 11.3. The van der Waals surface area contributed by atoms with Gasteiger partial charge in [-0.1, -0.05) is 13.8 Å². The zero-order chi connectivity index (χ0) is 11.3. The highest BCUT2D eigenvalue weighted by atomic mass is 35.5. The summed E-state index contributed by atoms with van der Waals surface area (Å²) in [6.45, 7) is 4.63. The predicted octanol–water partition coefficient (Wildman–Crippen LogP) is 1.65. The maximum Gasteiger partial charge on any atom is 0.225 e. The summed E-state index contributed by atoms with van der Waals surface area (Å²) in [6.07, 6.45) is 1.87. The summed E-state index contributed by atoms with van der Waals surface area (Å²) in [5, 5.41) is 8.20. The van der Waals surface area contributed by atoms with Crippen LogP contribution in [0.4, 0.5) is 0 Å². The van der Waals surface area contributed by atoms with Gasteiger partial charge in [0.1, 0.15) is 5.82 Å². The van der Waals surface area contributed by atoms with Crippen LogP contribution in [0.15, 0.2) is 0 Å². The van der Waals surface area contributed by atoms with Crippen LogP contribution in [-0.2, 0) is 23.8 Å². The molecule has 0 aliphatic rings. The molecule has 0 radical (unpaired) electrons. The lowest BCUT2D eigenvalue weighted by molar-refractivity contribution is 0.660. The molecule has 1 atom stereocenters.